The van der Waals surface area contributed by atoms with Gasteiger partial charge in [-0.1, -0.05) is 46.8 Å². The zero-order valence-electron chi connectivity index (χ0n) is 14.1. The molecule has 0 bridgehead atoms. The van der Waals surface area contributed by atoms with E-state index in [4.69, 9.17) is 0 Å². The predicted molar refractivity (Wildman–Crippen MR) is 91.7 cm³/mol. The van der Waals surface area contributed by atoms with Gasteiger partial charge in [-0.2, -0.15) is 0 Å². The van der Waals surface area contributed by atoms with Gasteiger partial charge in [0.1, 0.15) is 0 Å². The Hall–Kier alpha value is -0.430. The van der Waals surface area contributed by atoms with E-state index in [0.717, 1.165) is 0 Å². The normalized spacial score (nSPS) is 15.6. The van der Waals surface area contributed by atoms with Crippen molar-refractivity contribution in [3.05, 3.63) is 29.8 Å². The SMILES string of the molecule is CC(C)C(CC(C)(C)C)c1ccc(S(C)(C)C)cc1. The van der Waals surface area contributed by atoms with E-state index < -0.39 is 10.0 Å². The highest BCUT2D eigenvalue weighted by Crippen LogP contribution is 2.45. The Bertz CT molecular complexity index is 387. The second kappa shape index (κ2) is 5.91. The van der Waals surface area contributed by atoms with Crippen molar-refractivity contribution in [3.63, 3.8) is 0 Å². The highest BCUT2D eigenvalue weighted by molar-refractivity contribution is 8.32. The fourth-order valence-corrected chi connectivity index (χ4v) is 3.47. The lowest BCUT2D eigenvalue weighted by Gasteiger charge is -2.30. The van der Waals surface area contributed by atoms with Gasteiger partial charge in [-0.15, -0.1) is 0 Å². The van der Waals surface area contributed by atoms with Crippen LogP contribution in [0, 0.1) is 11.3 Å². The topological polar surface area (TPSA) is 0 Å². The lowest BCUT2D eigenvalue weighted by molar-refractivity contribution is 0.301. The van der Waals surface area contributed by atoms with Crippen LogP contribution >= 0.6 is 10.0 Å². The van der Waals surface area contributed by atoms with Gasteiger partial charge in [0.15, 0.2) is 0 Å². The minimum absolute atomic E-state index is 0.392. The summed E-state index contributed by atoms with van der Waals surface area (Å²) in [6.07, 6.45) is 8.33. The van der Waals surface area contributed by atoms with Crippen molar-refractivity contribution in [2.75, 3.05) is 18.8 Å². The van der Waals surface area contributed by atoms with Gasteiger partial charge in [0, 0.05) is 0 Å². The molecule has 0 amide bonds. The lowest BCUT2D eigenvalue weighted by Crippen LogP contribution is -2.16. The van der Waals surface area contributed by atoms with Crippen LogP contribution < -0.4 is 0 Å². The zero-order chi connectivity index (χ0) is 14.8. The van der Waals surface area contributed by atoms with E-state index in [0.29, 0.717) is 17.3 Å². The molecule has 0 radical (unpaired) electrons. The van der Waals surface area contributed by atoms with Crippen LogP contribution in [0.2, 0.25) is 0 Å². The van der Waals surface area contributed by atoms with Crippen molar-refractivity contribution in [1.29, 1.82) is 0 Å². The largest absolute Gasteiger partial charge is 0.223 e. The molecule has 0 saturated carbocycles. The van der Waals surface area contributed by atoms with E-state index in [1.54, 1.807) is 0 Å². The third-order valence-electron chi connectivity index (χ3n) is 3.65. The van der Waals surface area contributed by atoms with Gasteiger partial charge in [0.05, 0.1) is 0 Å². The summed E-state index contributed by atoms with van der Waals surface area (Å²) in [5, 5.41) is 0. The summed E-state index contributed by atoms with van der Waals surface area (Å²) >= 11 is 0. The van der Waals surface area contributed by atoms with E-state index >= 15 is 0 Å². The van der Waals surface area contributed by atoms with Crippen LogP contribution in [0.15, 0.2) is 29.2 Å². The molecule has 0 heterocycles. The van der Waals surface area contributed by atoms with Crippen molar-refractivity contribution in [3.8, 4) is 0 Å². The van der Waals surface area contributed by atoms with Crippen LogP contribution in [0.1, 0.15) is 52.5 Å². The predicted octanol–water partition coefficient (Wildman–Crippen LogP) is 5.92. The smallest absolute Gasteiger partial charge is 0.0106 e. The molecule has 1 aromatic rings. The maximum Gasteiger partial charge on any atom is -0.0106 e. The van der Waals surface area contributed by atoms with E-state index in [1.165, 1.54) is 16.9 Å². The van der Waals surface area contributed by atoms with E-state index in [1.807, 2.05) is 0 Å². The molecular formula is C18H32S. The number of rotatable bonds is 4. The van der Waals surface area contributed by atoms with Crippen LogP contribution in [0.4, 0.5) is 0 Å². The molecule has 0 N–H and O–H groups in total. The Morgan fingerprint density at radius 3 is 1.74 bits per heavy atom. The number of benzene rings is 1. The van der Waals surface area contributed by atoms with Gasteiger partial charge >= 0.3 is 0 Å². The molecule has 1 aromatic carbocycles. The van der Waals surface area contributed by atoms with Gasteiger partial charge in [-0.25, -0.2) is 10.0 Å². The Kier molecular flexibility index (Phi) is 5.17. The molecule has 0 aliphatic heterocycles. The second-order valence-electron chi connectivity index (χ2n) is 8.02. The maximum atomic E-state index is 2.37. The molecule has 19 heavy (non-hydrogen) atoms. The van der Waals surface area contributed by atoms with E-state index in [-0.39, 0.29) is 0 Å². The second-order valence-corrected chi connectivity index (χ2v) is 12.2. The standard InChI is InChI=1S/C18H32S/c1-14(2)17(13-18(3,4)5)15-9-11-16(12-10-15)19(6,7)8/h9-12,14,17H,13H2,1-8H3. The zero-order valence-corrected chi connectivity index (χ0v) is 14.9. The van der Waals surface area contributed by atoms with Crippen LogP contribution in [0.5, 0.6) is 0 Å². The van der Waals surface area contributed by atoms with Crippen molar-refractivity contribution in [1.82, 2.24) is 0 Å². The van der Waals surface area contributed by atoms with Crippen LogP contribution in [-0.2, 0) is 0 Å². The third-order valence-corrected chi connectivity index (χ3v) is 5.34. The first kappa shape index (κ1) is 16.6. The molecule has 1 unspecified atom stereocenters. The Labute approximate surface area is 122 Å². The van der Waals surface area contributed by atoms with Gasteiger partial charge in [-0.05, 0) is 65.0 Å². The molecule has 110 valence electrons. The van der Waals surface area contributed by atoms with Gasteiger partial charge in [0.25, 0.3) is 0 Å². The van der Waals surface area contributed by atoms with E-state index in [9.17, 15) is 0 Å². The van der Waals surface area contributed by atoms with Crippen LogP contribution in [0.25, 0.3) is 0 Å². The summed E-state index contributed by atoms with van der Waals surface area (Å²) in [5.41, 5.74) is 1.90. The monoisotopic (exact) mass is 280 g/mol. The first-order chi connectivity index (χ1) is 8.50. The van der Waals surface area contributed by atoms with E-state index in [2.05, 4.69) is 77.7 Å². The summed E-state index contributed by atoms with van der Waals surface area (Å²) in [7, 11) is -0.601. The molecule has 0 aromatic heterocycles. The Balaban J connectivity index is 2.99. The van der Waals surface area contributed by atoms with Crippen molar-refractivity contribution < 1.29 is 0 Å². The summed E-state index contributed by atoms with van der Waals surface area (Å²) in [4.78, 5) is 1.51. The first-order valence-electron chi connectivity index (χ1n) is 7.29. The minimum atomic E-state index is -0.601. The molecule has 1 heteroatoms. The van der Waals surface area contributed by atoms with Crippen molar-refractivity contribution in [2.24, 2.45) is 11.3 Å². The fourth-order valence-electron chi connectivity index (χ4n) is 2.52. The summed E-state index contributed by atoms with van der Waals surface area (Å²) < 4.78 is 0. The van der Waals surface area contributed by atoms with Gasteiger partial charge < -0.3 is 0 Å². The molecule has 0 saturated heterocycles. The molecular weight excluding hydrogens is 248 g/mol. The van der Waals surface area contributed by atoms with Crippen LogP contribution in [-0.4, -0.2) is 18.8 Å². The molecule has 1 atom stereocenters. The third kappa shape index (κ3) is 5.22. The number of hydrogen-bond donors (Lipinski definition) is 0. The first-order valence-corrected chi connectivity index (χ1v) is 10.1. The van der Waals surface area contributed by atoms with Crippen molar-refractivity contribution >= 4 is 10.0 Å². The molecule has 0 aliphatic carbocycles. The molecule has 1 rings (SSSR count). The Morgan fingerprint density at radius 2 is 1.42 bits per heavy atom. The highest BCUT2D eigenvalue weighted by atomic mass is 32.3. The van der Waals surface area contributed by atoms with Gasteiger partial charge in [0.2, 0.25) is 0 Å². The lowest BCUT2D eigenvalue weighted by atomic mass is 9.76. The summed E-state index contributed by atoms with van der Waals surface area (Å²) in [6.45, 7) is 11.7. The number of hydrogen-bond acceptors (Lipinski definition) is 0. The Morgan fingerprint density at radius 1 is 0.947 bits per heavy atom. The average molecular weight is 281 g/mol. The molecule has 0 fully saturated rings. The quantitative estimate of drug-likeness (QED) is 0.642. The fraction of sp³-hybridized carbons (Fsp3) is 0.667. The molecule has 0 nitrogen and oxygen atoms in total. The molecule has 0 aliphatic rings. The maximum absolute atomic E-state index is 2.37. The highest BCUT2D eigenvalue weighted by Gasteiger charge is 2.23. The summed E-state index contributed by atoms with van der Waals surface area (Å²) in [5.74, 6) is 1.37. The van der Waals surface area contributed by atoms with Crippen molar-refractivity contribution in [2.45, 2.75) is 51.9 Å². The van der Waals surface area contributed by atoms with Crippen LogP contribution in [0.3, 0.4) is 0 Å². The summed E-state index contributed by atoms with van der Waals surface area (Å²) in [6, 6.07) is 9.43. The minimum Gasteiger partial charge on any atom is -0.223 e. The molecule has 0 spiro atoms. The van der Waals surface area contributed by atoms with Gasteiger partial charge in [-0.3, -0.25) is 0 Å². The average Bonchev–Trinajstić information content (AvgIpc) is 2.23.